The smallest absolute Gasteiger partial charge is 0.328 e. The molecule has 0 radical (unpaired) electrons. The lowest BCUT2D eigenvalue weighted by Gasteiger charge is -2.41. The molecule has 0 bridgehead atoms. The van der Waals surface area contributed by atoms with Crippen molar-refractivity contribution in [3.63, 3.8) is 0 Å². The summed E-state index contributed by atoms with van der Waals surface area (Å²) in [5.41, 5.74) is 0.765. The highest BCUT2D eigenvalue weighted by atomic mass is 79.9. The topological polar surface area (TPSA) is 29.5 Å². The number of esters is 1. The summed E-state index contributed by atoms with van der Waals surface area (Å²) in [7, 11) is 1.38. The third-order valence-electron chi connectivity index (χ3n) is 2.82. The van der Waals surface area contributed by atoms with Crippen LogP contribution in [0.15, 0.2) is 16.6 Å². The zero-order valence-corrected chi connectivity index (χ0v) is 12.1. The molecule has 0 N–H and O–H groups in total. The maximum Gasteiger partial charge on any atom is 0.328 e. The molecule has 0 aliphatic carbocycles. The number of ether oxygens (including phenoxy) is 1. The van der Waals surface area contributed by atoms with Crippen LogP contribution < -0.4 is 4.90 Å². The van der Waals surface area contributed by atoms with Crippen molar-refractivity contribution in [2.75, 3.05) is 18.6 Å². The van der Waals surface area contributed by atoms with Gasteiger partial charge in [-0.2, -0.15) is 0 Å². The second-order valence-corrected chi connectivity index (χ2v) is 5.33. The SMILES string of the molecule is COC(=O)C1CCN1c1ccc(Br)c(Cl)c1Cl. The Morgan fingerprint density at radius 3 is 2.71 bits per heavy atom. The predicted molar refractivity (Wildman–Crippen MR) is 71.9 cm³/mol. The summed E-state index contributed by atoms with van der Waals surface area (Å²) in [6.45, 7) is 0.775. The molecule has 1 saturated heterocycles. The molecular weight excluding hydrogens is 329 g/mol. The van der Waals surface area contributed by atoms with E-state index in [2.05, 4.69) is 15.9 Å². The third kappa shape index (κ3) is 2.26. The molecule has 0 spiro atoms. The molecule has 1 unspecified atom stereocenters. The van der Waals surface area contributed by atoms with E-state index in [1.807, 2.05) is 17.0 Å². The van der Waals surface area contributed by atoms with E-state index in [0.29, 0.717) is 10.0 Å². The van der Waals surface area contributed by atoms with Crippen molar-refractivity contribution >= 4 is 50.8 Å². The first-order chi connectivity index (χ1) is 8.06. The summed E-state index contributed by atoms with van der Waals surface area (Å²) in [4.78, 5) is 13.4. The molecule has 2 rings (SSSR count). The Kier molecular flexibility index (Phi) is 3.85. The first-order valence-electron chi connectivity index (χ1n) is 5.04. The Bertz CT molecular complexity index is 467. The molecule has 1 aliphatic heterocycles. The molecule has 92 valence electrons. The largest absolute Gasteiger partial charge is 0.467 e. The summed E-state index contributed by atoms with van der Waals surface area (Å²) in [5.74, 6) is -0.244. The van der Waals surface area contributed by atoms with Crippen LogP contribution in [0.3, 0.4) is 0 Å². The highest BCUT2D eigenvalue weighted by Gasteiger charge is 2.36. The zero-order chi connectivity index (χ0) is 12.6. The molecule has 0 saturated carbocycles. The predicted octanol–water partition coefficient (Wildman–Crippen LogP) is 3.51. The number of halogens is 3. The number of hydrogen-bond donors (Lipinski definition) is 0. The normalized spacial score (nSPS) is 18.8. The van der Waals surface area contributed by atoms with Crippen LogP contribution in [0.4, 0.5) is 5.69 Å². The van der Waals surface area contributed by atoms with Gasteiger partial charge in [-0.3, -0.25) is 0 Å². The van der Waals surface area contributed by atoms with Gasteiger partial charge in [0.2, 0.25) is 0 Å². The van der Waals surface area contributed by atoms with Crippen molar-refractivity contribution in [2.24, 2.45) is 0 Å². The molecule has 17 heavy (non-hydrogen) atoms. The molecule has 3 nitrogen and oxygen atoms in total. The van der Waals surface area contributed by atoms with Crippen molar-refractivity contribution in [2.45, 2.75) is 12.5 Å². The van der Waals surface area contributed by atoms with Crippen LogP contribution in [0.1, 0.15) is 6.42 Å². The fourth-order valence-electron chi connectivity index (χ4n) is 1.79. The molecule has 1 aromatic carbocycles. The fourth-order valence-corrected chi connectivity index (χ4v) is 2.67. The Labute approximate surface area is 118 Å². The van der Waals surface area contributed by atoms with Crippen molar-refractivity contribution < 1.29 is 9.53 Å². The van der Waals surface area contributed by atoms with Crippen LogP contribution in [0.2, 0.25) is 10.0 Å². The minimum absolute atomic E-state index is 0.244. The second-order valence-electron chi connectivity index (χ2n) is 3.72. The molecule has 1 atom stereocenters. The number of rotatable bonds is 2. The van der Waals surface area contributed by atoms with E-state index in [-0.39, 0.29) is 12.0 Å². The van der Waals surface area contributed by atoms with Crippen LogP contribution >= 0.6 is 39.1 Å². The van der Waals surface area contributed by atoms with Crippen molar-refractivity contribution in [3.8, 4) is 0 Å². The highest BCUT2D eigenvalue weighted by molar-refractivity contribution is 9.10. The van der Waals surface area contributed by atoms with Gasteiger partial charge in [-0.15, -0.1) is 0 Å². The van der Waals surface area contributed by atoms with E-state index in [9.17, 15) is 4.79 Å². The molecule has 1 aliphatic rings. The van der Waals surface area contributed by atoms with Gasteiger partial charge in [0.15, 0.2) is 0 Å². The Hall–Kier alpha value is -0.450. The van der Waals surface area contributed by atoms with Crippen LogP contribution in [0.25, 0.3) is 0 Å². The number of nitrogens with zero attached hydrogens (tertiary/aromatic N) is 1. The molecule has 0 aromatic heterocycles. The zero-order valence-electron chi connectivity index (χ0n) is 9.04. The molecule has 1 aromatic rings. The lowest BCUT2D eigenvalue weighted by atomic mass is 10.0. The van der Waals surface area contributed by atoms with Gasteiger partial charge in [-0.25, -0.2) is 4.79 Å². The van der Waals surface area contributed by atoms with Crippen LogP contribution in [0.5, 0.6) is 0 Å². The fraction of sp³-hybridized carbons (Fsp3) is 0.364. The summed E-state index contributed by atoms with van der Waals surface area (Å²) in [6.07, 6.45) is 0.774. The van der Waals surface area contributed by atoms with Gasteiger partial charge in [-0.05, 0) is 34.5 Å². The van der Waals surface area contributed by atoms with Gasteiger partial charge < -0.3 is 9.64 Å². The summed E-state index contributed by atoms with van der Waals surface area (Å²) >= 11 is 15.5. The second kappa shape index (κ2) is 5.04. The minimum atomic E-state index is -0.255. The summed E-state index contributed by atoms with van der Waals surface area (Å²) in [5, 5.41) is 0.911. The van der Waals surface area contributed by atoms with Gasteiger partial charge in [-0.1, -0.05) is 23.2 Å². The van der Waals surface area contributed by atoms with Crippen LogP contribution in [-0.4, -0.2) is 25.7 Å². The van der Waals surface area contributed by atoms with Gasteiger partial charge in [0.1, 0.15) is 6.04 Å². The Morgan fingerprint density at radius 1 is 1.47 bits per heavy atom. The maximum absolute atomic E-state index is 11.5. The van der Waals surface area contributed by atoms with E-state index >= 15 is 0 Å². The van der Waals surface area contributed by atoms with Crippen LogP contribution in [0, 0.1) is 0 Å². The van der Waals surface area contributed by atoms with E-state index in [4.69, 9.17) is 27.9 Å². The first kappa shape index (κ1) is 13.0. The van der Waals surface area contributed by atoms with Crippen molar-refractivity contribution in [1.82, 2.24) is 0 Å². The molecular formula is C11H10BrCl2NO2. The quantitative estimate of drug-likeness (QED) is 0.610. The minimum Gasteiger partial charge on any atom is -0.467 e. The van der Waals surface area contributed by atoms with E-state index < -0.39 is 0 Å². The summed E-state index contributed by atoms with van der Waals surface area (Å²) < 4.78 is 5.47. The lowest BCUT2D eigenvalue weighted by molar-refractivity contribution is -0.143. The lowest BCUT2D eigenvalue weighted by Crippen LogP contribution is -2.53. The highest BCUT2D eigenvalue weighted by Crippen LogP contribution is 2.40. The monoisotopic (exact) mass is 337 g/mol. The average Bonchev–Trinajstić information content (AvgIpc) is 2.28. The van der Waals surface area contributed by atoms with E-state index in [1.54, 1.807) is 0 Å². The number of hydrogen-bond acceptors (Lipinski definition) is 3. The third-order valence-corrected chi connectivity index (χ3v) is 4.58. The number of carbonyl (C=O) groups is 1. The standard InChI is InChI=1S/C11H10BrCl2NO2/c1-17-11(16)8-4-5-15(8)7-3-2-6(12)9(13)10(7)14/h2-3,8H,4-5H2,1H3. The average molecular weight is 339 g/mol. The number of anilines is 1. The van der Waals surface area contributed by atoms with E-state index in [1.165, 1.54) is 7.11 Å². The first-order valence-corrected chi connectivity index (χ1v) is 6.59. The Balaban J connectivity index is 2.30. The molecule has 1 fully saturated rings. The van der Waals surface area contributed by atoms with Gasteiger partial charge in [0.05, 0.1) is 22.8 Å². The summed E-state index contributed by atoms with van der Waals surface area (Å²) in [6, 6.07) is 3.40. The van der Waals surface area contributed by atoms with Crippen molar-refractivity contribution in [3.05, 3.63) is 26.7 Å². The molecule has 1 heterocycles. The van der Waals surface area contributed by atoms with Gasteiger partial charge in [0, 0.05) is 11.0 Å². The van der Waals surface area contributed by atoms with Gasteiger partial charge >= 0.3 is 5.97 Å². The maximum atomic E-state index is 11.5. The number of methoxy groups -OCH3 is 1. The van der Waals surface area contributed by atoms with Crippen molar-refractivity contribution in [1.29, 1.82) is 0 Å². The van der Waals surface area contributed by atoms with Gasteiger partial charge in [0.25, 0.3) is 0 Å². The number of benzene rings is 1. The number of carbonyl (C=O) groups excluding carboxylic acids is 1. The van der Waals surface area contributed by atoms with E-state index in [0.717, 1.165) is 23.1 Å². The Morgan fingerprint density at radius 2 is 2.18 bits per heavy atom. The molecule has 0 amide bonds. The molecule has 6 heteroatoms. The van der Waals surface area contributed by atoms with Crippen LogP contribution in [-0.2, 0) is 9.53 Å².